The third-order valence-corrected chi connectivity index (χ3v) is 1.97. The zero-order chi connectivity index (χ0) is 8.81. The Balaban J connectivity index is 2.71. The molecule has 0 unspecified atom stereocenters. The van der Waals surface area contributed by atoms with Crippen LogP contribution in [0.4, 0.5) is 0 Å². The van der Waals surface area contributed by atoms with Gasteiger partial charge in [0.15, 0.2) is 0 Å². The van der Waals surface area contributed by atoms with Crippen LogP contribution >= 0.6 is 0 Å². The predicted octanol–water partition coefficient (Wildman–Crippen LogP) is 3.20. The lowest BCUT2D eigenvalue weighted by molar-refractivity contribution is 0.305. The molecule has 1 aliphatic rings. The van der Waals surface area contributed by atoms with E-state index >= 15 is 0 Å². The third kappa shape index (κ3) is 2.95. The summed E-state index contributed by atoms with van der Waals surface area (Å²) in [7, 11) is 1.72. The smallest absolute Gasteiger partial charge is 0.114 e. The number of allylic oxidation sites excluding steroid dienone is 5. The molecule has 1 rings (SSSR count). The molecule has 0 spiro atoms. The van der Waals surface area contributed by atoms with E-state index in [-0.39, 0.29) is 0 Å². The van der Waals surface area contributed by atoms with Gasteiger partial charge in [0.1, 0.15) is 5.76 Å². The van der Waals surface area contributed by atoms with Crippen molar-refractivity contribution in [3.63, 3.8) is 0 Å². The van der Waals surface area contributed by atoms with Crippen molar-refractivity contribution in [1.82, 2.24) is 0 Å². The molecule has 0 atom stereocenters. The van der Waals surface area contributed by atoms with E-state index in [1.807, 2.05) is 6.08 Å². The molecular formula is C11H16O. The molecule has 66 valence electrons. The summed E-state index contributed by atoms with van der Waals surface area (Å²) in [5.74, 6) is 0.977. The Morgan fingerprint density at radius 3 is 2.67 bits per heavy atom. The highest BCUT2D eigenvalue weighted by Crippen LogP contribution is 2.10. The number of ether oxygens (including phenoxy) is 1. The SMILES string of the molecule is COC1=CCCC/C=C(C)\C=C/1. The summed E-state index contributed by atoms with van der Waals surface area (Å²) in [4.78, 5) is 0. The third-order valence-electron chi connectivity index (χ3n) is 1.97. The molecule has 0 aromatic heterocycles. The highest BCUT2D eigenvalue weighted by atomic mass is 16.5. The van der Waals surface area contributed by atoms with Gasteiger partial charge in [0, 0.05) is 0 Å². The van der Waals surface area contributed by atoms with Gasteiger partial charge in [-0.3, -0.25) is 0 Å². The Labute approximate surface area is 74.4 Å². The summed E-state index contributed by atoms with van der Waals surface area (Å²) in [5, 5.41) is 0. The lowest BCUT2D eigenvalue weighted by atomic mass is 10.2. The maximum Gasteiger partial charge on any atom is 0.114 e. The Kier molecular flexibility index (Phi) is 3.65. The topological polar surface area (TPSA) is 9.23 Å². The molecule has 0 bridgehead atoms. The van der Waals surface area contributed by atoms with Crippen molar-refractivity contribution in [3.05, 3.63) is 35.6 Å². The van der Waals surface area contributed by atoms with Crippen molar-refractivity contribution in [2.75, 3.05) is 7.11 Å². The van der Waals surface area contributed by atoms with Gasteiger partial charge < -0.3 is 4.74 Å². The molecule has 0 saturated carbocycles. The first-order valence-corrected chi connectivity index (χ1v) is 4.42. The van der Waals surface area contributed by atoms with Crippen molar-refractivity contribution >= 4 is 0 Å². The lowest BCUT2D eigenvalue weighted by Crippen LogP contribution is -1.81. The minimum absolute atomic E-state index is 0.977. The first kappa shape index (κ1) is 9.11. The molecule has 1 aliphatic carbocycles. The van der Waals surface area contributed by atoms with Gasteiger partial charge in [-0.05, 0) is 38.3 Å². The summed E-state index contributed by atoms with van der Waals surface area (Å²) in [6.07, 6.45) is 12.0. The van der Waals surface area contributed by atoms with Crippen LogP contribution in [0.15, 0.2) is 35.6 Å². The normalized spacial score (nSPS) is 25.5. The largest absolute Gasteiger partial charge is 0.497 e. The molecule has 1 nitrogen and oxygen atoms in total. The average Bonchev–Trinajstić information content (AvgIpc) is 2.17. The van der Waals surface area contributed by atoms with Gasteiger partial charge in [0.2, 0.25) is 0 Å². The van der Waals surface area contributed by atoms with Crippen LogP contribution in [-0.4, -0.2) is 7.11 Å². The van der Waals surface area contributed by atoms with E-state index in [0.717, 1.165) is 12.2 Å². The van der Waals surface area contributed by atoms with Crippen LogP contribution in [0.1, 0.15) is 26.2 Å². The van der Waals surface area contributed by atoms with Crippen LogP contribution in [0.25, 0.3) is 0 Å². The van der Waals surface area contributed by atoms with Crippen molar-refractivity contribution in [2.45, 2.75) is 26.2 Å². The van der Waals surface area contributed by atoms with E-state index in [4.69, 9.17) is 4.74 Å². The van der Waals surface area contributed by atoms with E-state index in [2.05, 4.69) is 25.2 Å². The van der Waals surface area contributed by atoms with E-state index in [1.54, 1.807) is 7.11 Å². The minimum Gasteiger partial charge on any atom is -0.497 e. The number of rotatable bonds is 1. The number of methoxy groups -OCH3 is 1. The molecule has 0 fully saturated rings. The van der Waals surface area contributed by atoms with E-state index < -0.39 is 0 Å². The van der Waals surface area contributed by atoms with Crippen molar-refractivity contribution in [2.24, 2.45) is 0 Å². The fourth-order valence-corrected chi connectivity index (χ4v) is 1.19. The van der Waals surface area contributed by atoms with Crippen LogP contribution in [-0.2, 0) is 4.74 Å². The molecule has 12 heavy (non-hydrogen) atoms. The lowest BCUT2D eigenvalue weighted by Gasteiger charge is -1.98. The molecule has 0 aliphatic heterocycles. The molecule has 0 N–H and O–H groups in total. The monoisotopic (exact) mass is 164 g/mol. The fourth-order valence-electron chi connectivity index (χ4n) is 1.19. The zero-order valence-corrected chi connectivity index (χ0v) is 7.84. The van der Waals surface area contributed by atoms with Crippen molar-refractivity contribution < 1.29 is 4.74 Å². The highest BCUT2D eigenvalue weighted by Gasteiger charge is 1.93. The van der Waals surface area contributed by atoms with Crippen LogP contribution in [0.3, 0.4) is 0 Å². The van der Waals surface area contributed by atoms with E-state index in [0.29, 0.717) is 0 Å². The zero-order valence-electron chi connectivity index (χ0n) is 7.84. The van der Waals surface area contributed by atoms with Gasteiger partial charge in [-0.25, -0.2) is 0 Å². The van der Waals surface area contributed by atoms with Crippen molar-refractivity contribution in [3.8, 4) is 0 Å². The molecule has 1 heteroatoms. The van der Waals surface area contributed by atoms with Gasteiger partial charge in [0.05, 0.1) is 7.11 Å². The van der Waals surface area contributed by atoms with Crippen LogP contribution in [0.2, 0.25) is 0 Å². The Morgan fingerprint density at radius 1 is 1.17 bits per heavy atom. The van der Waals surface area contributed by atoms with Crippen LogP contribution < -0.4 is 0 Å². The Morgan fingerprint density at radius 2 is 1.92 bits per heavy atom. The van der Waals surface area contributed by atoms with Crippen LogP contribution in [0, 0.1) is 0 Å². The summed E-state index contributed by atoms with van der Waals surface area (Å²) in [5.41, 5.74) is 1.32. The molecule has 0 heterocycles. The van der Waals surface area contributed by atoms with Gasteiger partial charge in [0.25, 0.3) is 0 Å². The molecule has 0 aromatic carbocycles. The second kappa shape index (κ2) is 4.81. The first-order chi connectivity index (χ1) is 5.83. The van der Waals surface area contributed by atoms with Gasteiger partial charge in [-0.15, -0.1) is 0 Å². The molecule has 0 saturated heterocycles. The maximum atomic E-state index is 5.18. The van der Waals surface area contributed by atoms with E-state index in [1.165, 1.54) is 18.4 Å². The summed E-state index contributed by atoms with van der Waals surface area (Å²) in [6.45, 7) is 2.12. The minimum atomic E-state index is 0.977. The molecule has 0 amide bonds. The second-order valence-corrected chi connectivity index (χ2v) is 3.02. The fraction of sp³-hybridized carbons (Fsp3) is 0.455. The summed E-state index contributed by atoms with van der Waals surface area (Å²) >= 11 is 0. The number of hydrogen-bond acceptors (Lipinski definition) is 1. The highest BCUT2D eigenvalue weighted by molar-refractivity contribution is 5.24. The average molecular weight is 164 g/mol. The Hall–Kier alpha value is -0.980. The quantitative estimate of drug-likeness (QED) is 0.578. The predicted molar refractivity (Wildman–Crippen MR) is 51.8 cm³/mol. The maximum absolute atomic E-state index is 5.18. The van der Waals surface area contributed by atoms with Crippen LogP contribution in [0.5, 0.6) is 0 Å². The second-order valence-electron chi connectivity index (χ2n) is 3.02. The van der Waals surface area contributed by atoms with Gasteiger partial charge in [-0.1, -0.05) is 17.7 Å². The molecular weight excluding hydrogens is 148 g/mol. The van der Waals surface area contributed by atoms with E-state index in [9.17, 15) is 0 Å². The standard InChI is InChI=1S/C11H16O/c1-10-6-4-3-5-7-11(12-2)9-8-10/h6-9H,3-5H2,1-2H3/b9-8-,10-6-,11-7?. The molecule has 0 radical (unpaired) electrons. The van der Waals surface area contributed by atoms with Gasteiger partial charge >= 0.3 is 0 Å². The Bertz CT molecular complexity index is 221. The molecule has 0 aromatic rings. The number of hydrogen-bond donors (Lipinski definition) is 0. The summed E-state index contributed by atoms with van der Waals surface area (Å²) < 4.78 is 5.18. The summed E-state index contributed by atoms with van der Waals surface area (Å²) in [6, 6.07) is 0. The first-order valence-electron chi connectivity index (χ1n) is 4.42. The van der Waals surface area contributed by atoms with Crippen molar-refractivity contribution in [1.29, 1.82) is 0 Å². The van der Waals surface area contributed by atoms with Gasteiger partial charge in [-0.2, -0.15) is 0 Å².